The van der Waals surface area contributed by atoms with E-state index in [1.807, 2.05) is 93.6 Å². The zero-order chi connectivity index (χ0) is 43.6. The lowest BCUT2D eigenvalue weighted by Gasteiger charge is -2.29. The molecule has 2 amide bonds. The van der Waals surface area contributed by atoms with Gasteiger partial charge in [0.2, 0.25) is 5.91 Å². The third-order valence-corrected chi connectivity index (χ3v) is 10.9. The number of nitrogens with zero attached hydrogens (tertiary/aromatic N) is 4. The van der Waals surface area contributed by atoms with Crippen LogP contribution in [0.4, 0.5) is 11.4 Å². The summed E-state index contributed by atoms with van der Waals surface area (Å²) in [6.45, 7) is 8.91. The molecule has 12 nitrogen and oxygen atoms in total. The summed E-state index contributed by atoms with van der Waals surface area (Å²) in [4.78, 5) is 52.3. The van der Waals surface area contributed by atoms with Crippen molar-refractivity contribution < 1.29 is 19.1 Å². The lowest BCUT2D eigenvalue weighted by atomic mass is 9.96. The second-order valence-corrected chi connectivity index (χ2v) is 16.2. The molecule has 0 fully saturated rings. The first-order chi connectivity index (χ1) is 28.6. The van der Waals surface area contributed by atoms with Crippen molar-refractivity contribution in [1.29, 1.82) is 0 Å². The topological polar surface area (TPSA) is 146 Å². The summed E-state index contributed by atoms with van der Waals surface area (Å²) in [6.07, 6.45) is 1.26. The van der Waals surface area contributed by atoms with Crippen LogP contribution < -0.4 is 31.2 Å². The Bertz CT molecular complexity index is 2590. The summed E-state index contributed by atoms with van der Waals surface area (Å²) in [5.41, 5.74) is 4.01. The first-order valence-corrected chi connectivity index (χ1v) is 20.8. The SMILES string of the molecule is CCC(C)(C(=O)Nc1ccc(Br)cc1)n1nc(C)cc(Cc2cccc(OC)c2)c1=O.COc1cccc(Cc2cc(C)nn(C(C)C(=O)Nc3cccc(Br)c3)c2=O)c1. The molecule has 4 aromatic carbocycles. The molecule has 0 aliphatic carbocycles. The van der Waals surface area contributed by atoms with Crippen molar-refractivity contribution in [2.24, 2.45) is 0 Å². The van der Waals surface area contributed by atoms with E-state index in [1.165, 1.54) is 9.36 Å². The van der Waals surface area contributed by atoms with E-state index in [2.05, 4.69) is 52.7 Å². The molecule has 2 unspecified atom stereocenters. The minimum absolute atomic E-state index is 0.274. The predicted octanol–water partition coefficient (Wildman–Crippen LogP) is 8.79. The number of amides is 2. The number of hydrogen-bond acceptors (Lipinski definition) is 8. The van der Waals surface area contributed by atoms with Crippen molar-refractivity contribution in [3.63, 3.8) is 0 Å². The van der Waals surface area contributed by atoms with Crippen molar-refractivity contribution in [3.8, 4) is 11.5 Å². The molecule has 0 saturated heterocycles. The molecule has 0 radical (unpaired) electrons. The van der Waals surface area contributed by atoms with E-state index in [4.69, 9.17) is 9.47 Å². The molecule has 60 heavy (non-hydrogen) atoms. The zero-order valence-electron chi connectivity index (χ0n) is 34.6. The van der Waals surface area contributed by atoms with Gasteiger partial charge in [0.15, 0.2) is 0 Å². The minimum atomic E-state index is -1.14. The van der Waals surface area contributed by atoms with Crippen molar-refractivity contribution in [1.82, 2.24) is 19.6 Å². The number of benzene rings is 4. The summed E-state index contributed by atoms with van der Waals surface area (Å²) < 4.78 is 14.9. The fourth-order valence-corrected chi connectivity index (χ4v) is 7.04. The molecule has 0 bridgehead atoms. The van der Waals surface area contributed by atoms with E-state index >= 15 is 0 Å². The molecule has 312 valence electrons. The average Bonchev–Trinajstić information content (AvgIpc) is 3.23. The third-order valence-electron chi connectivity index (χ3n) is 9.88. The number of aromatic nitrogens is 4. The Labute approximate surface area is 366 Å². The average molecular weight is 941 g/mol. The summed E-state index contributed by atoms with van der Waals surface area (Å²) in [5.74, 6) is 0.867. The van der Waals surface area contributed by atoms with Crippen LogP contribution in [0.5, 0.6) is 11.5 Å². The Kier molecular flexibility index (Phi) is 15.4. The van der Waals surface area contributed by atoms with Crippen LogP contribution in [0.2, 0.25) is 0 Å². The van der Waals surface area contributed by atoms with Gasteiger partial charge in [-0.25, -0.2) is 9.36 Å². The predicted molar refractivity (Wildman–Crippen MR) is 242 cm³/mol. The molecule has 0 spiro atoms. The van der Waals surface area contributed by atoms with E-state index in [0.29, 0.717) is 53.2 Å². The quantitative estimate of drug-likeness (QED) is 0.117. The summed E-state index contributed by atoms with van der Waals surface area (Å²) >= 11 is 6.77. The van der Waals surface area contributed by atoms with Gasteiger partial charge in [-0.2, -0.15) is 10.2 Å². The second-order valence-electron chi connectivity index (χ2n) is 14.4. The Morgan fingerprint density at radius 1 is 0.700 bits per heavy atom. The van der Waals surface area contributed by atoms with Gasteiger partial charge in [0.1, 0.15) is 23.1 Å². The van der Waals surface area contributed by atoms with Gasteiger partial charge in [-0.05, 0) is 124 Å². The maximum absolute atomic E-state index is 13.4. The number of rotatable bonds is 13. The van der Waals surface area contributed by atoms with Gasteiger partial charge in [-0.15, -0.1) is 0 Å². The summed E-state index contributed by atoms with van der Waals surface area (Å²) in [7, 11) is 3.22. The van der Waals surface area contributed by atoms with Crippen LogP contribution in [0.25, 0.3) is 0 Å². The fourth-order valence-electron chi connectivity index (χ4n) is 6.37. The van der Waals surface area contributed by atoms with Crippen LogP contribution in [0.15, 0.2) is 128 Å². The van der Waals surface area contributed by atoms with Crippen LogP contribution in [-0.4, -0.2) is 45.6 Å². The molecular weight excluding hydrogens is 892 g/mol. The fraction of sp³-hybridized carbons (Fsp3) is 0.261. The molecule has 2 aromatic heterocycles. The first-order valence-electron chi connectivity index (χ1n) is 19.2. The Hall–Kier alpha value is -5.86. The highest BCUT2D eigenvalue weighted by molar-refractivity contribution is 9.10. The smallest absolute Gasteiger partial charge is 0.271 e. The van der Waals surface area contributed by atoms with Gasteiger partial charge in [-0.3, -0.25) is 19.2 Å². The lowest BCUT2D eigenvalue weighted by Crippen LogP contribution is -2.49. The van der Waals surface area contributed by atoms with E-state index in [1.54, 1.807) is 64.5 Å². The highest BCUT2D eigenvalue weighted by Gasteiger charge is 2.36. The number of halogens is 2. The molecule has 0 aliphatic rings. The van der Waals surface area contributed by atoms with Crippen LogP contribution in [0.1, 0.15) is 66.9 Å². The van der Waals surface area contributed by atoms with Crippen LogP contribution in [0.3, 0.4) is 0 Å². The van der Waals surface area contributed by atoms with Crippen LogP contribution >= 0.6 is 31.9 Å². The Morgan fingerprint density at radius 3 is 1.80 bits per heavy atom. The molecule has 2 heterocycles. The second kappa shape index (κ2) is 20.4. The lowest BCUT2D eigenvalue weighted by molar-refractivity contribution is -0.124. The monoisotopic (exact) mass is 938 g/mol. The third kappa shape index (κ3) is 11.4. The molecule has 0 saturated carbocycles. The molecule has 14 heteroatoms. The highest BCUT2D eigenvalue weighted by atomic mass is 79.9. The van der Waals surface area contributed by atoms with Gasteiger partial charge in [-0.1, -0.05) is 69.1 Å². The summed E-state index contributed by atoms with van der Waals surface area (Å²) in [6, 6.07) is 32.5. The van der Waals surface area contributed by atoms with Gasteiger partial charge in [0, 0.05) is 44.3 Å². The van der Waals surface area contributed by atoms with Crippen molar-refractivity contribution in [3.05, 3.63) is 172 Å². The number of aryl methyl sites for hydroxylation is 2. The van der Waals surface area contributed by atoms with Gasteiger partial charge >= 0.3 is 0 Å². The van der Waals surface area contributed by atoms with E-state index in [0.717, 1.165) is 31.6 Å². The van der Waals surface area contributed by atoms with Gasteiger partial charge < -0.3 is 20.1 Å². The van der Waals surface area contributed by atoms with E-state index < -0.39 is 11.6 Å². The Morgan fingerprint density at radius 2 is 1.25 bits per heavy atom. The minimum Gasteiger partial charge on any atom is -0.497 e. The number of anilines is 2. The largest absolute Gasteiger partial charge is 0.497 e. The Balaban J connectivity index is 0.000000228. The maximum atomic E-state index is 13.4. The maximum Gasteiger partial charge on any atom is 0.271 e. The van der Waals surface area contributed by atoms with Crippen molar-refractivity contribution >= 4 is 55.0 Å². The summed E-state index contributed by atoms with van der Waals surface area (Å²) in [5, 5.41) is 14.5. The highest BCUT2D eigenvalue weighted by Crippen LogP contribution is 2.24. The van der Waals surface area contributed by atoms with Crippen molar-refractivity contribution in [2.75, 3.05) is 24.9 Å². The molecule has 2 atom stereocenters. The van der Waals surface area contributed by atoms with Crippen molar-refractivity contribution in [2.45, 2.75) is 65.5 Å². The normalized spacial score (nSPS) is 12.3. The number of hydrogen-bond donors (Lipinski definition) is 2. The van der Waals surface area contributed by atoms with E-state index in [9.17, 15) is 19.2 Å². The number of ether oxygens (including phenoxy) is 2. The molecule has 6 rings (SSSR count). The number of carbonyl (C=O) groups excluding carboxylic acids is 2. The first kappa shape index (κ1) is 45.2. The molecule has 2 N–H and O–H groups in total. The molecular formula is C46H48Br2N6O6. The number of nitrogens with one attached hydrogen (secondary N) is 2. The standard InChI is InChI=1S/C24H26BrN3O3.C22H22BrN3O3/c1-5-24(3,23(30)26-20-11-9-19(25)10-12-20)28-22(29)18(13-16(2)27-28)14-17-7-6-8-21(15-17)31-4;1-14-10-17(11-16-6-4-9-20(12-16)29-3)22(28)26(25-14)15(2)21(27)24-19-8-5-7-18(23)13-19/h6-13,15H,5,14H2,1-4H3,(H,26,30);4-10,12-13,15H,11H2,1-3H3,(H,24,27). The molecule has 6 aromatic rings. The number of methoxy groups -OCH3 is 2. The molecule has 0 aliphatic heterocycles. The van der Waals surface area contributed by atoms with Crippen LogP contribution in [-0.2, 0) is 28.0 Å². The van der Waals surface area contributed by atoms with Gasteiger partial charge in [0.05, 0.1) is 25.6 Å². The van der Waals surface area contributed by atoms with Crippen LogP contribution in [0, 0.1) is 13.8 Å². The van der Waals surface area contributed by atoms with Gasteiger partial charge in [0.25, 0.3) is 17.0 Å². The zero-order valence-corrected chi connectivity index (χ0v) is 37.8. The number of carbonyl (C=O) groups is 2. The van der Waals surface area contributed by atoms with E-state index in [-0.39, 0.29) is 22.9 Å².